The number of hydrogen-bond donors (Lipinski definition) is 1. The predicted octanol–water partition coefficient (Wildman–Crippen LogP) is 3.01. The zero-order valence-electron chi connectivity index (χ0n) is 9.92. The molecule has 3 rings (SSSR count). The first-order chi connectivity index (χ1) is 8.46. The van der Waals surface area contributed by atoms with Crippen LogP contribution in [0.4, 0.5) is 13.2 Å². The highest BCUT2D eigenvalue weighted by molar-refractivity contribution is 5.45. The second kappa shape index (κ2) is 3.88. The van der Waals surface area contributed by atoms with Crippen molar-refractivity contribution in [1.82, 2.24) is 5.32 Å². The van der Waals surface area contributed by atoms with E-state index in [0.717, 1.165) is 18.7 Å². The van der Waals surface area contributed by atoms with Crippen molar-refractivity contribution in [2.45, 2.75) is 25.1 Å². The zero-order valence-corrected chi connectivity index (χ0v) is 9.92. The van der Waals surface area contributed by atoms with E-state index < -0.39 is 6.36 Å². The van der Waals surface area contributed by atoms with E-state index in [2.05, 4.69) is 17.0 Å². The van der Waals surface area contributed by atoms with Gasteiger partial charge in [-0.1, -0.05) is 13.0 Å². The van der Waals surface area contributed by atoms with Gasteiger partial charge in [-0.3, -0.25) is 0 Å². The topological polar surface area (TPSA) is 21.3 Å². The summed E-state index contributed by atoms with van der Waals surface area (Å²) in [6.45, 7) is 3.92. The van der Waals surface area contributed by atoms with Crippen LogP contribution in [0.15, 0.2) is 18.2 Å². The van der Waals surface area contributed by atoms with Gasteiger partial charge in [0.25, 0.3) is 0 Å². The number of alkyl halides is 3. The molecule has 2 nitrogen and oxygen atoms in total. The fourth-order valence-corrected chi connectivity index (χ4v) is 3.28. The summed E-state index contributed by atoms with van der Waals surface area (Å²) >= 11 is 0. The average molecular weight is 257 g/mol. The largest absolute Gasteiger partial charge is 0.573 e. The Morgan fingerprint density at radius 3 is 2.72 bits per heavy atom. The fraction of sp³-hybridized carbons (Fsp3) is 0.538. The molecule has 18 heavy (non-hydrogen) atoms. The van der Waals surface area contributed by atoms with E-state index in [9.17, 15) is 13.2 Å². The first-order valence-corrected chi connectivity index (χ1v) is 6.06. The summed E-state index contributed by atoms with van der Waals surface area (Å²) < 4.78 is 40.6. The average Bonchev–Trinajstić information content (AvgIpc) is 2.81. The standard InChI is InChI=1S/C13H14F3NO/c1-7-9-3-2-8(18-13(14,15)16)4-10(9)12-6-17-5-11(7)12/h2-4,7,11-12,17H,5-6H2,1H3. The molecule has 1 aliphatic carbocycles. The van der Waals surface area contributed by atoms with Crippen LogP contribution in [-0.2, 0) is 0 Å². The van der Waals surface area contributed by atoms with Gasteiger partial charge in [0.05, 0.1) is 0 Å². The molecule has 0 radical (unpaired) electrons. The molecule has 1 aromatic rings. The maximum atomic E-state index is 12.2. The van der Waals surface area contributed by atoms with E-state index in [1.807, 2.05) is 0 Å². The van der Waals surface area contributed by atoms with Gasteiger partial charge in [0.15, 0.2) is 0 Å². The third-order valence-electron chi connectivity index (χ3n) is 4.09. The summed E-state index contributed by atoms with van der Waals surface area (Å²) in [4.78, 5) is 0. The van der Waals surface area contributed by atoms with Gasteiger partial charge in [-0.05, 0) is 41.6 Å². The number of hydrogen-bond acceptors (Lipinski definition) is 2. The summed E-state index contributed by atoms with van der Waals surface area (Å²) in [5, 5.41) is 3.30. The lowest BCUT2D eigenvalue weighted by atomic mass is 9.91. The molecule has 1 heterocycles. The minimum atomic E-state index is -4.62. The van der Waals surface area contributed by atoms with E-state index in [0.29, 0.717) is 17.8 Å². The van der Waals surface area contributed by atoms with Crippen molar-refractivity contribution in [2.24, 2.45) is 5.92 Å². The van der Waals surface area contributed by atoms with Gasteiger partial charge in [-0.2, -0.15) is 0 Å². The third-order valence-corrected chi connectivity index (χ3v) is 4.09. The van der Waals surface area contributed by atoms with Crippen LogP contribution in [0.25, 0.3) is 0 Å². The molecular formula is C13H14F3NO. The maximum absolute atomic E-state index is 12.2. The van der Waals surface area contributed by atoms with Crippen molar-refractivity contribution in [3.8, 4) is 5.75 Å². The summed E-state index contributed by atoms with van der Waals surface area (Å²) in [5.74, 6) is 1.12. The molecule has 1 fully saturated rings. The number of benzene rings is 1. The lowest BCUT2D eigenvalue weighted by Gasteiger charge is -2.12. The van der Waals surface area contributed by atoms with E-state index in [4.69, 9.17) is 0 Å². The number of fused-ring (bicyclic) bond motifs is 3. The minimum absolute atomic E-state index is 0.110. The van der Waals surface area contributed by atoms with Gasteiger partial charge in [-0.15, -0.1) is 13.2 Å². The van der Waals surface area contributed by atoms with Gasteiger partial charge < -0.3 is 10.1 Å². The molecule has 1 N–H and O–H groups in total. The lowest BCUT2D eigenvalue weighted by molar-refractivity contribution is -0.274. The van der Waals surface area contributed by atoms with Crippen LogP contribution in [0, 0.1) is 5.92 Å². The second-order valence-corrected chi connectivity index (χ2v) is 5.06. The third kappa shape index (κ3) is 1.86. The molecule has 2 aliphatic rings. The molecule has 0 aromatic heterocycles. The summed E-state index contributed by atoms with van der Waals surface area (Å²) in [6.07, 6.45) is -4.62. The Morgan fingerprint density at radius 2 is 2.00 bits per heavy atom. The van der Waals surface area contributed by atoms with Crippen molar-refractivity contribution >= 4 is 0 Å². The minimum Gasteiger partial charge on any atom is -0.406 e. The Bertz CT molecular complexity index is 472. The number of ether oxygens (including phenoxy) is 1. The maximum Gasteiger partial charge on any atom is 0.573 e. The van der Waals surface area contributed by atoms with E-state index >= 15 is 0 Å². The highest BCUT2D eigenvalue weighted by Crippen LogP contribution is 2.49. The summed E-state index contributed by atoms with van der Waals surface area (Å²) in [7, 11) is 0. The van der Waals surface area contributed by atoms with Crippen molar-refractivity contribution < 1.29 is 17.9 Å². The van der Waals surface area contributed by atoms with Gasteiger partial charge in [-0.25, -0.2) is 0 Å². The number of halogens is 3. The number of nitrogens with one attached hydrogen (secondary N) is 1. The summed E-state index contributed by atoms with van der Waals surface area (Å²) in [6, 6.07) is 4.74. The molecule has 1 aliphatic heterocycles. The van der Waals surface area contributed by atoms with Crippen LogP contribution in [0.5, 0.6) is 5.75 Å². The molecule has 0 saturated carbocycles. The van der Waals surface area contributed by atoms with Crippen molar-refractivity contribution in [1.29, 1.82) is 0 Å². The van der Waals surface area contributed by atoms with E-state index in [1.54, 1.807) is 12.1 Å². The van der Waals surface area contributed by atoms with Crippen molar-refractivity contribution in [2.75, 3.05) is 13.1 Å². The highest BCUT2D eigenvalue weighted by atomic mass is 19.4. The fourth-order valence-electron chi connectivity index (χ4n) is 3.28. The van der Waals surface area contributed by atoms with Crippen LogP contribution >= 0.6 is 0 Å². The van der Waals surface area contributed by atoms with Crippen LogP contribution in [0.3, 0.4) is 0 Å². The molecule has 0 bridgehead atoms. The summed E-state index contributed by atoms with van der Waals surface area (Å²) in [5.41, 5.74) is 2.18. The molecule has 3 unspecified atom stereocenters. The normalized spacial score (nSPS) is 30.1. The van der Waals surface area contributed by atoms with Crippen LogP contribution < -0.4 is 10.1 Å². The second-order valence-electron chi connectivity index (χ2n) is 5.06. The van der Waals surface area contributed by atoms with E-state index in [1.165, 1.54) is 11.6 Å². The predicted molar refractivity (Wildman–Crippen MR) is 60.6 cm³/mol. The molecule has 1 saturated heterocycles. The zero-order chi connectivity index (χ0) is 12.9. The SMILES string of the molecule is CC1c2ccc(OC(F)(F)F)cc2C2CNCC12. The van der Waals surface area contributed by atoms with Gasteiger partial charge in [0.1, 0.15) is 5.75 Å². The van der Waals surface area contributed by atoms with E-state index in [-0.39, 0.29) is 5.75 Å². The molecular weight excluding hydrogens is 243 g/mol. The van der Waals surface area contributed by atoms with Crippen molar-refractivity contribution in [3.05, 3.63) is 29.3 Å². The monoisotopic (exact) mass is 257 g/mol. The Labute approximate surface area is 103 Å². The first kappa shape index (κ1) is 11.8. The molecule has 5 heteroatoms. The smallest absolute Gasteiger partial charge is 0.406 e. The lowest BCUT2D eigenvalue weighted by Crippen LogP contribution is -2.17. The van der Waals surface area contributed by atoms with Gasteiger partial charge >= 0.3 is 6.36 Å². The Morgan fingerprint density at radius 1 is 1.22 bits per heavy atom. The Hall–Kier alpha value is -1.23. The first-order valence-electron chi connectivity index (χ1n) is 6.06. The van der Waals surface area contributed by atoms with Gasteiger partial charge in [0.2, 0.25) is 0 Å². The van der Waals surface area contributed by atoms with Crippen LogP contribution in [0.1, 0.15) is 29.9 Å². The quantitative estimate of drug-likeness (QED) is 0.835. The number of rotatable bonds is 1. The van der Waals surface area contributed by atoms with Crippen LogP contribution in [0.2, 0.25) is 0 Å². The molecule has 98 valence electrons. The molecule has 1 aromatic carbocycles. The van der Waals surface area contributed by atoms with Crippen LogP contribution in [-0.4, -0.2) is 19.5 Å². The Kier molecular flexibility index (Phi) is 2.55. The molecule has 0 amide bonds. The highest BCUT2D eigenvalue weighted by Gasteiger charge is 2.41. The Balaban J connectivity index is 1.94. The van der Waals surface area contributed by atoms with Gasteiger partial charge in [0, 0.05) is 12.5 Å². The molecule has 3 atom stereocenters. The molecule has 0 spiro atoms. The van der Waals surface area contributed by atoms with Crippen molar-refractivity contribution in [3.63, 3.8) is 0 Å².